The van der Waals surface area contributed by atoms with Crippen LogP contribution in [0.4, 0.5) is 11.4 Å². The number of aliphatic hydroxyl groups is 2. The van der Waals surface area contributed by atoms with Crippen molar-refractivity contribution in [1.82, 2.24) is 0 Å². The predicted octanol–water partition coefficient (Wildman–Crippen LogP) is 2.18. The molecular weight excluding hydrogens is 336 g/mol. The Morgan fingerprint density at radius 3 is 3.00 bits per heavy atom. The van der Waals surface area contributed by atoms with Crippen molar-refractivity contribution in [3.05, 3.63) is 22.2 Å². The number of amides is 1. The normalized spacial score (nSPS) is 24.3. The number of hydrogen-bond donors (Lipinski definition) is 3. The molecule has 5 nitrogen and oxygen atoms in total. The molecule has 0 aliphatic carbocycles. The topological polar surface area (TPSA) is 72.8 Å². The second-order valence-corrected chi connectivity index (χ2v) is 6.49. The molecule has 0 radical (unpaired) electrons. The van der Waals surface area contributed by atoms with Crippen LogP contribution < -0.4 is 10.2 Å². The van der Waals surface area contributed by atoms with Crippen LogP contribution in [0.1, 0.15) is 37.4 Å². The zero-order valence-electron chi connectivity index (χ0n) is 11.7. The van der Waals surface area contributed by atoms with Crippen LogP contribution in [0, 0.1) is 0 Å². The zero-order valence-corrected chi connectivity index (χ0v) is 13.3. The van der Waals surface area contributed by atoms with E-state index in [4.69, 9.17) is 5.11 Å². The van der Waals surface area contributed by atoms with Crippen molar-refractivity contribution in [2.24, 2.45) is 0 Å². The Morgan fingerprint density at radius 2 is 2.24 bits per heavy atom. The fourth-order valence-corrected chi connectivity index (χ4v) is 3.84. The first-order valence-electron chi connectivity index (χ1n) is 7.31. The standard InChI is InChI=1S/C15H19BrN2O3/c16-11-7-10-12(17-15(21)14(10)20)8-13(11)18-5-1-3-9(18)4-2-6-19/h7-9,14,19-20H,1-6H2,(H,17,21). The van der Waals surface area contributed by atoms with Crippen LogP contribution in [0.3, 0.4) is 0 Å². The van der Waals surface area contributed by atoms with Crippen molar-refractivity contribution >= 4 is 33.2 Å². The summed E-state index contributed by atoms with van der Waals surface area (Å²) in [6, 6.07) is 4.19. The molecule has 0 spiro atoms. The first kappa shape index (κ1) is 14.8. The van der Waals surface area contributed by atoms with Gasteiger partial charge in [-0.05, 0) is 53.7 Å². The fourth-order valence-electron chi connectivity index (χ4n) is 3.25. The summed E-state index contributed by atoms with van der Waals surface area (Å²) in [4.78, 5) is 13.9. The Morgan fingerprint density at radius 1 is 1.43 bits per heavy atom. The number of carbonyl (C=O) groups excluding carboxylic acids is 1. The minimum absolute atomic E-state index is 0.220. The van der Waals surface area contributed by atoms with Crippen molar-refractivity contribution in [2.45, 2.75) is 37.8 Å². The van der Waals surface area contributed by atoms with Crippen molar-refractivity contribution < 1.29 is 15.0 Å². The Bertz CT molecular complexity index is 564. The van der Waals surface area contributed by atoms with Gasteiger partial charge in [-0.2, -0.15) is 0 Å². The van der Waals surface area contributed by atoms with Gasteiger partial charge in [0.1, 0.15) is 0 Å². The highest BCUT2D eigenvalue weighted by Gasteiger charge is 2.32. The molecule has 2 aliphatic rings. The Balaban J connectivity index is 1.89. The molecule has 1 saturated heterocycles. The molecule has 0 aromatic heterocycles. The van der Waals surface area contributed by atoms with Gasteiger partial charge in [-0.25, -0.2) is 0 Å². The number of nitrogens with zero attached hydrogens (tertiary/aromatic N) is 1. The van der Waals surface area contributed by atoms with Gasteiger partial charge < -0.3 is 20.4 Å². The van der Waals surface area contributed by atoms with Crippen molar-refractivity contribution in [1.29, 1.82) is 0 Å². The lowest BCUT2D eigenvalue weighted by atomic mass is 10.1. The molecule has 0 bridgehead atoms. The van der Waals surface area contributed by atoms with Gasteiger partial charge in [0.25, 0.3) is 5.91 Å². The Labute approximate surface area is 132 Å². The molecule has 1 amide bonds. The molecular formula is C15H19BrN2O3. The fraction of sp³-hybridized carbons (Fsp3) is 0.533. The number of nitrogens with one attached hydrogen (secondary N) is 1. The minimum atomic E-state index is -1.07. The van der Waals surface area contributed by atoms with E-state index in [1.807, 2.05) is 12.1 Å². The van der Waals surface area contributed by atoms with E-state index >= 15 is 0 Å². The van der Waals surface area contributed by atoms with Gasteiger partial charge in [0.15, 0.2) is 6.10 Å². The highest BCUT2D eigenvalue weighted by Crippen LogP contribution is 2.41. The lowest BCUT2D eigenvalue weighted by Crippen LogP contribution is -2.29. The molecule has 1 aromatic carbocycles. The van der Waals surface area contributed by atoms with E-state index < -0.39 is 6.10 Å². The van der Waals surface area contributed by atoms with E-state index in [2.05, 4.69) is 26.1 Å². The average molecular weight is 355 g/mol. The molecule has 114 valence electrons. The number of anilines is 2. The molecule has 1 fully saturated rings. The van der Waals surface area contributed by atoms with E-state index in [9.17, 15) is 9.90 Å². The Hall–Kier alpha value is -1.11. The number of rotatable bonds is 4. The molecule has 21 heavy (non-hydrogen) atoms. The molecule has 2 unspecified atom stereocenters. The second-order valence-electron chi connectivity index (χ2n) is 5.64. The maximum Gasteiger partial charge on any atom is 0.257 e. The summed E-state index contributed by atoms with van der Waals surface area (Å²) in [5, 5.41) is 21.6. The SMILES string of the molecule is O=C1Nc2cc(N3CCCC3CCCO)c(Br)cc2C1O. The molecule has 1 aromatic rings. The highest BCUT2D eigenvalue weighted by atomic mass is 79.9. The van der Waals surface area contributed by atoms with Crippen LogP contribution >= 0.6 is 15.9 Å². The second kappa shape index (κ2) is 5.94. The molecule has 6 heteroatoms. The van der Waals surface area contributed by atoms with Gasteiger partial charge in [0.2, 0.25) is 0 Å². The van der Waals surface area contributed by atoms with Crippen LogP contribution in [0.25, 0.3) is 0 Å². The molecule has 3 rings (SSSR count). The lowest BCUT2D eigenvalue weighted by Gasteiger charge is -2.28. The third-order valence-electron chi connectivity index (χ3n) is 4.30. The number of halogens is 1. The van der Waals surface area contributed by atoms with Gasteiger partial charge in [0, 0.05) is 34.9 Å². The zero-order chi connectivity index (χ0) is 15.0. The third-order valence-corrected chi connectivity index (χ3v) is 4.94. The number of aliphatic hydroxyl groups excluding tert-OH is 2. The van der Waals surface area contributed by atoms with Crippen molar-refractivity contribution in [3.63, 3.8) is 0 Å². The quantitative estimate of drug-likeness (QED) is 0.774. The number of hydrogen-bond acceptors (Lipinski definition) is 4. The van der Waals surface area contributed by atoms with Crippen molar-refractivity contribution in [3.8, 4) is 0 Å². The van der Waals surface area contributed by atoms with Gasteiger partial charge in [0.05, 0.1) is 5.69 Å². The maximum absolute atomic E-state index is 11.6. The van der Waals surface area contributed by atoms with Crippen LogP contribution in [-0.2, 0) is 4.79 Å². The first-order valence-corrected chi connectivity index (χ1v) is 8.11. The van der Waals surface area contributed by atoms with Crippen LogP contribution in [0.5, 0.6) is 0 Å². The summed E-state index contributed by atoms with van der Waals surface area (Å²) in [6.45, 7) is 1.20. The molecule has 2 heterocycles. The van der Waals surface area contributed by atoms with Crippen LogP contribution in [-0.4, -0.2) is 35.3 Å². The highest BCUT2D eigenvalue weighted by molar-refractivity contribution is 9.10. The van der Waals surface area contributed by atoms with Crippen LogP contribution in [0.2, 0.25) is 0 Å². The van der Waals surface area contributed by atoms with Crippen LogP contribution in [0.15, 0.2) is 16.6 Å². The van der Waals surface area contributed by atoms with E-state index in [1.165, 1.54) is 0 Å². The molecule has 2 atom stereocenters. The van der Waals surface area contributed by atoms with E-state index in [0.717, 1.165) is 42.4 Å². The predicted molar refractivity (Wildman–Crippen MR) is 84.4 cm³/mol. The van der Waals surface area contributed by atoms with E-state index in [0.29, 0.717) is 17.3 Å². The van der Waals surface area contributed by atoms with Gasteiger partial charge in [-0.15, -0.1) is 0 Å². The maximum atomic E-state index is 11.6. The largest absolute Gasteiger partial charge is 0.396 e. The number of benzene rings is 1. The lowest BCUT2D eigenvalue weighted by molar-refractivity contribution is -0.123. The summed E-state index contributed by atoms with van der Waals surface area (Å²) in [6.07, 6.45) is 2.95. The average Bonchev–Trinajstić information content (AvgIpc) is 3.03. The molecule has 2 aliphatic heterocycles. The number of fused-ring (bicyclic) bond motifs is 1. The Kier molecular flexibility index (Phi) is 4.19. The van der Waals surface area contributed by atoms with Gasteiger partial charge in [-0.3, -0.25) is 4.79 Å². The van der Waals surface area contributed by atoms with E-state index in [1.54, 1.807) is 0 Å². The van der Waals surface area contributed by atoms with E-state index in [-0.39, 0.29) is 12.5 Å². The number of carbonyl (C=O) groups is 1. The van der Waals surface area contributed by atoms with Gasteiger partial charge >= 0.3 is 0 Å². The summed E-state index contributed by atoms with van der Waals surface area (Å²) in [7, 11) is 0. The summed E-state index contributed by atoms with van der Waals surface area (Å²) in [5.41, 5.74) is 2.36. The van der Waals surface area contributed by atoms with Gasteiger partial charge in [-0.1, -0.05) is 0 Å². The smallest absolute Gasteiger partial charge is 0.257 e. The van der Waals surface area contributed by atoms with Crippen molar-refractivity contribution in [2.75, 3.05) is 23.4 Å². The summed E-state index contributed by atoms with van der Waals surface area (Å²) in [5.74, 6) is -0.368. The molecule has 0 saturated carbocycles. The third kappa shape index (κ3) is 2.67. The summed E-state index contributed by atoms with van der Waals surface area (Å²) >= 11 is 3.56. The first-order chi connectivity index (χ1) is 10.1. The monoisotopic (exact) mass is 354 g/mol. The molecule has 3 N–H and O–H groups in total. The summed E-state index contributed by atoms with van der Waals surface area (Å²) < 4.78 is 0.896. The minimum Gasteiger partial charge on any atom is -0.396 e.